The number of benzene rings is 3. The highest BCUT2D eigenvalue weighted by molar-refractivity contribution is 7.99. The zero-order valence-corrected chi connectivity index (χ0v) is 13.1. The van der Waals surface area contributed by atoms with Crippen molar-refractivity contribution in [1.29, 1.82) is 0 Å². The maximum Gasteiger partial charge on any atom is 0.338 e. The molecule has 0 aromatic heterocycles. The second-order valence-electron chi connectivity index (χ2n) is 4.82. The molecule has 2 nitrogen and oxygen atoms in total. The standard InChI is InChI=1S/C19H16O2S/c1-2-21-19(20)15-10-12-16(13-11-15)22-18-9-5-7-14-6-3-4-8-17(14)18/h3-13H,2H2,1H3. The van der Waals surface area contributed by atoms with Crippen LogP contribution in [0.25, 0.3) is 10.8 Å². The minimum atomic E-state index is -0.274. The van der Waals surface area contributed by atoms with Gasteiger partial charge in [-0.2, -0.15) is 0 Å². The Labute approximate surface area is 134 Å². The number of hydrogen-bond acceptors (Lipinski definition) is 3. The van der Waals surface area contributed by atoms with Crippen LogP contribution >= 0.6 is 11.8 Å². The van der Waals surface area contributed by atoms with E-state index >= 15 is 0 Å². The summed E-state index contributed by atoms with van der Waals surface area (Å²) in [5, 5.41) is 2.47. The molecule has 0 N–H and O–H groups in total. The van der Waals surface area contributed by atoms with E-state index in [-0.39, 0.29) is 5.97 Å². The maximum absolute atomic E-state index is 11.7. The van der Waals surface area contributed by atoms with E-state index in [2.05, 4.69) is 36.4 Å². The fourth-order valence-electron chi connectivity index (χ4n) is 2.29. The van der Waals surface area contributed by atoms with Crippen molar-refractivity contribution >= 4 is 28.5 Å². The van der Waals surface area contributed by atoms with Gasteiger partial charge >= 0.3 is 5.97 Å². The van der Waals surface area contributed by atoms with Gasteiger partial charge in [0.25, 0.3) is 0 Å². The van der Waals surface area contributed by atoms with Crippen molar-refractivity contribution in [2.45, 2.75) is 16.7 Å². The normalized spacial score (nSPS) is 10.6. The second-order valence-corrected chi connectivity index (χ2v) is 5.94. The zero-order valence-electron chi connectivity index (χ0n) is 12.3. The van der Waals surface area contributed by atoms with Crippen molar-refractivity contribution in [3.8, 4) is 0 Å². The quantitative estimate of drug-likeness (QED) is 0.622. The monoisotopic (exact) mass is 308 g/mol. The Hall–Kier alpha value is -2.26. The van der Waals surface area contributed by atoms with Crippen LogP contribution in [0, 0.1) is 0 Å². The number of carbonyl (C=O) groups excluding carboxylic acids is 1. The van der Waals surface area contributed by atoms with Crippen LogP contribution < -0.4 is 0 Å². The van der Waals surface area contributed by atoms with Gasteiger partial charge in [-0.25, -0.2) is 4.79 Å². The van der Waals surface area contributed by atoms with Gasteiger partial charge in [0.15, 0.2) is 0 Å². The molecule has 22 heavy (non-hydrogen) atoms. The van der Waals surface area contributed by atoms with Crippen LogP contribution in [0.5, 0.6) is 0 Å². The van der Waals surface area contributed by atoms with Crippen molar-refractivity contribution in [2.75, 3.05) is 6.61 Å². The third-order valence-corrected chi connectivity index (χ3v) is 4.43. The molecule has 0 fully saturated rings. The lowest BCUT2D eigenvalue weighted by Gasteiger charge is -2.07. The first-order valence-corrected chi connectivity index (χ1v) is 8.02. The molecule has 0 saturated heterocycles. The molecule has 3 aromatic rings. The van der Waals surface area contributed by atoms with Crippen LogP contribution in [-0.2, 0) is 4.74 Å². The number of rotatable bonds is 4. The lowest BCUT2D eigenvalue weighted by molar-refractivity contribution is 0.0526. The van der Waals surface area contributed by atoms with E-state index in [0.29, 0.717) is 12.2 Å². The summed E-state index contributed by atoms with van der Waals surface area (Å²) in [6.45, 7) is 2.20. The molecule has 0 radical (unpaired) electrons. The first-order chi connectivity index (χ1) is 10.8. The van der Waals surface area contributed by atoms with Gasteiger partial charge in [-0.1, -0.05) is 48.2 Å². The molecule has 0 aliphatic carbocycles. The predicted octanol–water partition coefficient (Wildman–Crippen LogP) is 5.17. The van der Waals surface area contributed by atoms with E-state index < -0.39 is 0 Å². The smallest absolute Gasteiger partial charge is 0.338 e. The highest BCUT2D eigenvalue weighted by atomic mass is 32.2. The summed E-state index contributed by atoms with van der Waals surface area (Å²) < 4.78 is 5.00. The van der Waals surface area contributed by atoms with Crippen LogP contribution in [0.1, 0.15) is 17.3 Å². The summed E-state index contributed by atoms with van der Waals surface area (Å²) in [5.41, 5.74) is 0.587. The molecule has 0 saturated carbocycles. The van der Waals surface area contributed by atoms with Gasteiger partial charge in [0.1, 0.15) is 0 Å². The summed E-state index contributed by atoms with van der Waals surface area (Å²) in [4.78, 5) is 14.0. The Morgan fingerprint density at radius 3 is 2.45 bits per heavy atom. The van der Waals surface area contributed by atoms with Crippen molar-refractivity contribution in [3.05, 3.63) is 72.3 Å². The van der Waals surface area contributed by atoms with E-state index in [1.54, 1.807) is 11.8 Å². The third-order valence-electron chi connectivity index (χ3n) is 3.34. The zero-order chi connectivity index (χ0) is 15.4. The third kappa shape index (κ3) is 3.15. The van der Waals surface area contributed by atoms with E-state index in [9.17, 15) is 4.79 Å². The van der Waals surface area contributed by atoms with Crippen molar-refractivity contribution in [3.63, 3.8) is 0 Å². The number of carbonyl (C=O) groups is 1. The molecular weight excluding hydrogens is 292 g/mol. The van der Waals surface area contributed by atoms with Gasteiger partial charge in [-0.15, -0.1) is 0 Å². The molecule has 3 aromatic carbocycles. The molecule has 3 heteroatoms. The number of ether oxygens (including phenoxy) is 1. The van der Waals surface area contributed by atoms with Crippen LogP contribution in [0.15, 0.2) is 76.5 Å². The van der Waals surface area contributed by atoms with E-state index in [4.69, 9.17) is 4.74 Å². The SMILES string of the molecule is CCOC(=O)c1ccc(Sc2cccc3ccccc23)cc1. The molecule has 0 heterocycles. The van der Waals surface area contributed by atoms with Gasteiger partial charge < -0.3 is 4.74 Å². The fourth-order valence-corrected chi connectivity index (χ4v) is 3.25. The van der Waals surface area contributed by atoms with Crippen LogP contribution in [0.4, 0.5) is 0 Å². The van der Waals surface area contributed by atoms with Gasteiger partial charge in [-0.05, 0) is 48.0 Å². The Morgan fingerprint density at radius 1 is 0.955 bits per heavy atom. The van der Waals surface area contributed by atoms with Crippen molar-refractivity contribution < 1.29 is 9.53 Å². The molecule has 0 aliphatic heterocycles. The van der Waals surface area contributed by atoms with E-state index in [1.807, 2.05) is 37.3 Å². The highest BCUT2D eigenvalue weighted by Crippen LogP contribution is 2.33. The Bertz CT molecular complexity index is 789. The van der Waals surface area contributed by atoms with E-state index in [1.165, 1.54) is 15.7 Å². The summed E-state index contributed by atoms with van der Waals surface area (Å²) >= 11 is 1.70. The minimum absolute atomic E-state index is 0.274. The summed E-state index contributed by atoms with van der Waals surface area (Å²) in [7, 11) is 0. The molecule has 0 bridgehead atoms. The van der Waals surface area contributed by atoms with Crippen molar-refractivity contribution in [1.82, 2.24) is 0 Å². The fraction of sp³-hybridized carbons (Fsp3) is 0.105. The van der Waals surface area contributed by atoms with Gasteiger partial charge in [0.2, 0.25) is 0 Å². The molecule has 110 valence electrons. The first kappa shape index (κ1) is 14.7. The summed E-state index contributed by atoms with van der Waals surface area (Å²) in [6.07, 6.45) is 0. The molecule has 3 rings (SSSR count). The summed E-state index contributed by atoms with van der Waals surface area (Å²) in [6, 6.07) is 22.2. The minimum Gasteiger partial charge on any atom is -0.462 e. The number of esters is 1. The van der Waals surface area contributed by atoms with Gasteiger partial charge in [0.05, 0.1) is 12.2 Å². The largest absolute Gasteiger partial charge is 0.462 e. The average molecular weight is 308 g/mol. The Kier molecular flexibility index (Phi) is 4.45. The predicted molar refractivity (Wildman–Crippen MR) is 90.5 cm³/mol. The molecular formula is C19H16O2S. The lowest BCUT2D eigenvalue weighted by atomic mass is 10.1. The van der Waals surface area contributed by atoms with Crippen LogP contribution in [0.3, 0.4) is 0 Å². The maximum atomic E-state index is 11.7. The molecule has 0 spiro atoms. The Balaban J connectivity index is 1.85. The lowest BCUT2D eigenvalue weighted by Crippen LogP contribution is -2.03. The van der Waals surface area contributed by atoms with Gasteiger partial charge in [0, 0.05) is 9.79 Å². The molecule has 0 aliphatic rings. The number of hydrogen-bond donors (Lipinski definition) is 0. The molecule has 0 unspecified atom stereocenters. The van der Waals surface area contributed by atoms with Gasteiger partial charge in [-0.3, -0.25) is 0 Å². The van der Waals surface area contributed by atoms with Crippen LogP contribution in [-0.4, -0.2) is 12.6 Å². The molecule has 0 atom stereocenters. The highest BCUT2D eigenvalue weighted by Gasteiger charge is 2.07. The second kappa shape index (κ2) is 6.67. The average Bonchev–Trinajstić information content (AvgIpc) is 2.56. The number of fused-ring (bicyclic) bond motifs is 1. The first-order valence-electron chi connectivity index (χ1n) is 7.21. The van der Waals surface area contributed by atoms with E-state index in [0.717, 1.165) is 4.90 Å². The summed E-state index contributed by atoms with van der Waals surface area (Å²) in [5.74, 6) is -0.274. The van der Waals surface area contributed by atoms with Crippen LogP contribution in [0.2, 0.25) is 0 Å². The molecule has 0 amide bonds. The Morgan fingerprint density at radius 2 is 1.68 bits per heavy atom. The van der Waals surface area contributed by atoms with Crippen molar-refractivity contribution in [2.24, 2.45) is 0 Å². The topological polar surface area (TPSA) is 26.3 Å².